The molecule has 0 radical (unpaired) electrons. The van der Waals surface area contributed by atoms with Gasteiger partial charge in [-0.1, -0.05) is 0 Å². The van der Waals surface area contributed by atoms with E-state index in [0.717, 1.165) is 11.0 Å². The van der Waals surface area contributed by atoms with Gasteiger partial charge in [-0.05, 0) is 58.1 Å². The van der Waals surface area contributed by atoms with Gasteiger partial charge < -0.3 is 9.55 Å². The monoisotopic (exact) mass is 356 g/mol. The molecule has 2 aromatic heterocycles. The number of fused-ring (bicyclic) bond motifs is 1. The van der Waals surface area contributed by atoms with Gasteiger partial charge in [-0.25, -0.2) is 4.39 Å². The van der Waals surface area contributed by atoms with E-state index in [9.17, 15) is 4.39 Å². The zero-order valence-corrected chi connectivity index (χ0v) is 13.3. The fourth-order valence-corrected chi connectivity index (χ4v) is 3.52. The van der Waals surface area contributed by atoms with Gasteiger partial charge in [0.15, 0.2) is 4.77 Å². The number of aromatic amines is 1. The van der Waals surface area contributed by atoms with Crippen molar-refractivity contribution >= 4 is 50.5 Å². The van der Waals surface area contributed by atoms with E-state index >= 15 is 0 Å². The van der Waals surface area contributed by atoms with E-state index in [1.165, 1.54) is 16.5 Å². The Bertz CT molecular complexity index is 816. The summed E-state index contributed by atoms with van der Waals surface area (Å²) in [6, 6.07) is 5.32. The van der Waals surface area contributed by atoms with Gasteiger partial charge in [-0.2, -0.15) is 0 Å². The third-order valence-electron chi connectivity index (χ3n) is 3.09. The Morgan fingerprint density at radius 3 is 2.95 bits per heavy atom. The van der Waals surface area contributed by atoms with Crippen LogP contribution < -0.4 is 0 Å². The number of nitrogens with one attached hydrogen (secondary N) is 1. The Hall–Kier alpha value is -0.980. The molecule has 0 fully saturated rings. The smallest absolute Gasteiger partial charge is 0.178 e. The van der Waals surface area contributed by atoms with Gasteiger partial charge >= 0.3 is 0 Å². The molecule has 2 heterocycles. The van der Waals surface area contributed by atoms with Gasteiger partial charge in [-0.15, -0.1) is 11.3 Å². The molecule has 2 nitrogen and oxygen atoms in total. The number of aromatic nitrogens is 2. The third-order valence-corrected chi connectivity index (χ3v) is 5.02. The summed E-state index contributed by atoms with van der Waals surface area (Å²) in [5.41, 5.74) is 2.88. The van der Waals surface area contributed by atoms with Gasteiger partial charge in [0.1, 0.15) is 5.82 Å². The predicted octanol–water partition coefficient (Wildman–Crippen LogP) is 5.02. The SMILES string of the molecule is Cc1ccsc1Cn1c(=S)[nH]c2cc(F)c(Br)cc21. The molecule has 0 aliphatic heterocycles. The highest BCUT2D eigenvalue weighted by Gasteiger charge is 2.10. The molecule has 1 aromatic carbocycles. The van der Waals surface area contributed by atoms with Crippen molar-refractivity contribution in [2.75, 3.05) is 0 Å². The number of imidazole rings is 1. The number of aryl methyl sites for hydroxylation is 1. The standard InChI is InChI=1S/C13H10BrFN2S2/c1-7-2-3-19-12(7)6-17-11-4-8(14)9(15)5-10(11)16-13(17)18/h2-5H,6H2,1H3,(H,16,18). The van der Waals surface area contributed by atoms with E-state index in [-0.39, 0.29) is 5.82 Å². The molecule has 98 valence electrons. The first kappa shape index (κ1) is 13.0. The molecule has 3 rings (SSSR count). The first-order valence-corrected chi connectivity index (χ1v) is 7.75. The van der Waals surface area contributed by atoms with Crippen molar-refractivity contribution in [3.63, 3.8) is 0 Å². The zero-order chi connectivity index (χ0) is 13.6. The lowest BCUT2D eigenvalue weighted by Gasteiger charge is -2.04. The molecule has 0 unspecified atom stereocenters. The topological polar surface area (TPSA) is 20.7 Å². The minimum Gasteiger partial charge on any atom is -0.330 e. The second kappa shape index (κ2) is 4.85. The second-order valence-corrected chi connectivity index (χ2v) is 6.57. The number of hydrogen-bond acceptors (Lipinski definition) is 2. The zero-order valence-electron chi connectivity index (χ0n) is 10.0. The van der Waals surface area contributed by atoms with E-state index in [1.54, 1.807) is 17.4 Å². The van der Waals surface area contributed by atoms with Crippen molar-refractivity contribution < 1.29 is 4.39 Å². The summed E-state index contributed by atoms with van der Waals surface area (Å²) in [7, 11) is 0. The largest absolute Gasteiger partial charge is 0.330 e. The molecule has 0 spiro atoms. The van der Waals surface area contributed by atoms with Crippen LogP contribution in [-0.4, -0.2) is 9.55 Å². The Balaban J connectivity index is 2.18. The number of thiophene rings is 1. The van der Waals surface area contributed by atoms with Crippen LogP contribution >= 0.6 is 39.5 Å². The minimum atomic E-state index is -0.289. The number of rotatable bonds is 2. The third kappa shape index (κ3) is 2.28. The number of benzene rings is 1. The van der Waals surface area contributed by atoms with Gasteiger partial charge in [0, 0.05) is 10.9 Å². The van der Waals surface area contributed by atoms with Crippen LogP contribution in [-0.2, 0) is 6.54 Å². The molecule has 19 heavy (non-hydrogen) atoms. The van der Waals surface area contributed by atoms with Crippen molar-refractivity contribution in [2.24, 2.45) is 0 Å². The van der Waals surface area contributed by atoms with Crippen molar-refractivity contribution in [3.05, 3.63) is 49.1 Å². The minimum absolute atomic E-state index is 0.289. The number of nitrogens with zero attached hydrogens (tertiary/aromatic N) is 1. The summed E-state index contributed by atoms with van der Waals surface area (Å²) >= 11 is 10.3. The van der Waals surface area contributed by atoms with Crippen molar-refractivity contribution in [1.82, 2.24) is 9.55 Å². The van der Waals surface area contributed by atoms with Gasteiger partial charge in [-0.3, -0.25) is 0 Å². The molecular weight excluding hydrogens is 347 g/mol. The fraction of sp³-hybridized carbons (Fsp3) is 0.154. The van der Waals surface area contributed by atoms with Crippen LogP contribution in [0.15, 0.2) is 28.1 Å². The van der Waals surface area contributed by atoms with Crippen molar-refractivity contribution in [1.29, 1.82) is 0 Å². The molecule has 0 bridgehead atoms. The van der Waals surface area contributed by atoms with Crippen LogP contribution in [0.2, 0.25) is 0 Å². The summed E-state index contributed by atoms with van der Waals surface area (Å²) in [4.78, 5) is 4.31. The average Bonchev–Trinajstić information content (AvgIpc) is 2.88. The van der Waals surface area contributed by atoms with Crippen LogP contribution in [0.4, 0.5) is 4.39 Å². The van der Waals surface area contributed by atoms with Gasteiger partial charge in [0.25, 0.3) is 0 Å². The average molecular weight is 357 g/mol. The van der Waals surface area contributed by atoms with Crippen molar-refractivity contribution in [2.45, 2.75) is 13.5 Å². The summed E-state index contributed by atoms with van der Waals surface area (Å²) in [6.45, 7) is 2.79. The molecule has 0 saturated carbocycles. The Morgan fingerprint density at radius 1 is 1.47 bits per heavy atom. The molecule has 3 aromatic rings. The Labute approximate surface area is 127 Å². The molecular formula is C13H10BrFN2S2. The van der Waals surface area contributed by atoms with Crippen LogP contribution in [0, 0.1) is 17.5 Å². The number of H-pyrrole nitrogens is 1. The lowest BCUT2D eigenvalue weighted by atomic mass is 10.2. The molecule has 6 heteroatoms. The van der Waals surface area contributed by atoms with E-state index < -0.39 is 0 Å². The number of hydrogen-bond donors (Lipinski definition) is 1. The second-order valence-electron chi connectivity index (χ2n) is 4.33. The molecule has 1 N–H and O–H groups in total. The summed E-state index contributed by atoms with van der Waals surface area (Å²) < 4.78 is 16.6. The van der Waals surface area contributed by atoms with Crippen LogP contribution in [0.1, 0.15) is 10.4 Å². The first-order chi connectivity index (χ1) is 9.06. The quantitative estimate of drug-likeness (QED) is 0.639. The molecule has 0 aliphatic carbocycles. The van der Waals surface area contributed by atoms with Gasteiger partial charge in [0.05, 0.1) is 22.1 Å². The fourth-order valence-electron chi connectivity index (χ4n) is 2.02. The summed E-state index contributed by atoms with van der Waals surface area (Å²) in [5.74, 6) is -0.289. The van der Waals surface area contributed by atoms with Crippen LogP contribution in [0.25, 0.3) is 11.0 Å². The van der Waals surface area contributed by atoms with Gasteiger partial charge in [0.2, 0.25) is 0 Å². The predicted molar refractivity (Wildman–Crippen MR) is 82.9 cm³/mol. The lowest BCUT2D eigenvalue weighted by molar-refractivity contribution is 0.622. The van der Waals surface area contributed by atoms with E-state index in [0.29, 0.717) is 15.8 Å². The molecule has 0 aliphatic rings. The molecule has 0 amide bonds. The van der Waals surface area contributed by atoms with Crippen LogP contribution in [0.3, 0.4) is 0 Å². The highest BCUT2D eigenvalue weighted by molar-refractivity contribution is 9.10. The maximum Gasteiger partial charge on any atom is 0.178 e. The van der Waals surface area contributed by atoms with E-state index in [1.807, 2.05) is 4.57 Å². The van der Waals surface area contributed by atoms with E-state index in [4.69, 9.17) is 12.2 Å². The highest BCUT2D eigenvalue weighted by atomic mass is 79.9. The molecule has 0 saturated heterocycles. The normalized spacial score (nSPS) is 11.3. The van der Waals surface area contributed by atoms with E-state index in [2.05, 4.69) is 39.3 Å². The van der Waals surface area contributed by atoms with Crippen molar-refractivity contribution in [3.8, 4) is 0 Å². The highest BCUT2D eigenvalue weighted by Crippen LogP contribution is 2.25. The molecule has 0 atom stereocenters. The Kier molecular flexibility index (Phi) is 3.32. The first-order valence-electron chi connectivity index (χ1n) is 5.67. The summed E-state index contributed by atoms with van der Waals surface area (Å²) in [5, 5.41) is 2.07. The maximum atomic E-state index is 13.5. The Morgan fingerprint density at radius 2 is 2.26 bits per heavy atom. The lowest BCUT2D eigenvalue weighted by Crippen LogP contribution is -1.99. The maximum absolute atomic E-state index is 13.5. The van der Waals surface area contributed by atoms with Crippen LogP contribution in [0.5, 0.6) is 0 Å². The summed E-state index contributed by atoms with van der Waals surface area (Å²) in [6.07, 6.45) is 0. The number of halogens is 2.